The van der Waals surface area contributed by atoms with Crippen LogP contribution >= 0.6 is 0 Å². The summed E-state index contributed by atoms with van der Waals surface area (Å²) in [5.74, 6) is -1.96. The van der Waals surface area contributed by atoms with Crippen LogP contribution in [0.4, 0.5) is 5.69 Å². The van der Waals surface area contributed by atoms with E-state index in [0.29, 0.717) is 13.0 Å². The average molecular weight is 333 g/mol. The van der Waals surface area contributed by atoms with Crippen molar-refractivity contribution in [2.24, 2.45) is 0 Å². The summed E-state index contributed by atoms with van der Waals surface area (Å²) in [5, 5.41) is 22.8. The molecular weight excluding hydrogens is 318 g/mol. The van der Waals surface area contributed by atoms with Crippen LogP contribution in [-0.4, -0.2) is 51.3 Å². The molecule has 0 aliphatic carbocycles. The van der Waals surface area contributed by atoms with E-state index in [2.05, 4.69) is 5.32 Å². The van der Waals surface area contributed by atoms with Crippen LogP contribution < -0.4 is 5.32 Å². The van der Waals surface area contributed by atoms with Gasteiger partial charge >= 0.3 is 5.97 Å². The zero-order chi connectivity index (χ0) is 17.4. The number of carboxylic acids is 1. The van der Waals surface area contributed by atoms with Gasteiger partial charge in [0.25, 0.3) is 11.6 Å². The molecule has 1 aromatic rings. The Hall–Kier alpha value is -2.97. The van der Waals surface area contributed by atoms with E-state index in [9.17, 15) is 24.5 Å². The number of hydrogen-bond donors (Lipinski definition) is 2. The maximum Gasteiger partial charge on any atom is 0.335 e. The molecule has 9 nitrogen and oxygen atoms in total. The summed E-state index contributed by atoms with van der Waals surface area (Å²) < 4.78 is 0. The highest BCUT2D eigenvalue weighted by Crippen LogP contribution is 2.31. The van der Waals surface area contributed by atoms with Crippen LogP contribution in [0.5, 0.6) is 0 Å². The third-order valence-corrected chi connectivity index (χ3v) is 4.43. The summed E-state index contributed by atoms with van der Waals surface area (Å²) in [6, 6.07) is 2.69. The number of aromatic carboxylic acids is 1. The molecule has 2 unspecified atom stereocenters. The molecule has 0 aromatic heterocycles. The Morgan fingerprint density at radius 1 is 1.21 bits per heavy atom. The van der Waals surface area contributed by atoms with Crippen LogP contribution in [0.3, 0.4) is 0 Å². The molecule has 2 saturated heterocycles. The maximum absolute atomic E-state index is 12.8. The third-order valence-electron chi connectivity index (χ3n) is 4.43. The van der Waals surface area contributed by atoms with Gasteiger partial charge in [0.15, 0.2) is 0 Å². The molecule has 1 aromatic carbocycles. The minimum atomic E-state index is -1.34. The molecule has 2 aliphatic heterocycles. The van der Waals surface area contributed by atoms with Gasteiger partial charge in [-0.15, -0.1) is 0 Å². The zero-order valence-electron chi connectivity index (χ0n) is 12.6. The summed E-state index contributed by atoms with van der Waals surface area (Å²) in [5.41, 5.74) is -0.814. The first-order valence-corrected chi connectivity index (χ1v) is 7.49. The monoisotopic (exact) mass is 333 g/mol. The number of carboxylic acid groups (broad SMARTS) is 1. The lowest BCUT2D eigenvalue weighted by Gasteiger charge is -2.27. The maximum atomic E-state index is 12.8. The van der Waals surface area contributed by atoms with Crippen LogP contribution in [0.2, 0.25) is 0 Å². The van der Waals surface area contributed by atoms with E-state index in [1.54, 1.807) is 4.90 Å². The number of carbonyl (C=O) groups excluding carboxylic acids is 2. The van der Waals surface area contributed by atoms with E-state index < -0.39 is 22.5 Å². The summed E-state index contributed by atoms with van der Waals surface area (Å²) >= 11 is 0. The first-order chi connectivity index (χ1) is 11.4. The zero-order valence-corrected chi connectivity index (χ0v) is 12.6. The minimum absolute atomic E-state index is 0.0483. The van der Waals surface area contributed by atoms with Crippen molar-refractivity contribution in [3.05, 3.63) is 39.4 Å². The van der Waals surface area contributed by atoms with Gasteiger partial charge in [-0.2, -0.15) is 0 Å². The number of nitro groups is 1. The number of nitrogens with one attached hydrogen (secondary N) is 1. The average Bonchev–Trinajstić information content (AvgIpc) is 2.85. The minimum Gasteiger partial charge on any atom is -0.478 e. The second-order valence-electron chi connectivity index (χ2n) is 5.94. The van der Waals surface area contributed by atoms with Gasteiger partial charge in [0, 0.05) is 42.7 Å². The molecule has 0 radical (unpaired) electrons. The fraction of sp³-hybridized carbons (Fsp3) is 0.400. The fourth-order valence-electron chi connectivity index (χ4n) is 3.32. The summed E-state index contributed by atoms with van der Waals surface area (Å²) in [6.07, 6.45) is 1.60. The summed E-state index contributed by atoms with van der Waals surface area (Å²) in [7, 11) is 0. The molecule has 24 heavy (non-hydrogen) atoms. The van der Waals surface area contributed by atoms with Crippen molar-refractivity contribution >= 4 is 23.5 Å². The Kier molecular flexibility index (Phi) is 3.92. The number of fused-ring (bicyclic) bond motifs is 2. The van der Waals surface area contributed by atoms with Crippen LogP contribution in [0.15, 0.2) is 18.2 Å². The van der Waals surface area contributed by atoms with Gasteiger partial charge < -0.3 is 15.3 Å². The Labute approximate surface area is 136 Å². The van der Waals surface area contributed by atoms with E-state index in [1.807, 2.05) is 0 Å². The molecule has 0 saturated carbocycles. The molecule has 2 fully saturated rings. The highest BCUT2D eigenvalue weighted by molar-refractivity contribution is 5.99. The van der Waals surface area contributed by atoms with Crippen LogP contribution in [0.1, 0.15) is 40.0 Å². The van der Waals surface area contributed by atoms with Crippen LogP contribution in [0.25, 0.3) is 0 Å². The Morgan fingerprint density at radius 3 is 2.54 bits per heavy atom. The molecule has 2 atom stereocenters. The number of rotatable bonds is 3. The van der Waals surface area contributed by atoms with Gasteiger partial charge in [0.05, 0.1) is 10.5 Å². The molecule has 9 heteroatoms. The number of nitro benzene ring substituents is 1. The Balaban J connectivity index is 1.99. The predicted molar refractivity (Wildman–Crippen MR) is 80.7 cm³/mol. The normalized spacial score (nSPS) is 22.7. The Bertz CT molecular complexity index is 714. The third kappa shape index (κ3) is 2.80. The quantitative estimate of drug-likeness (QED) is 0.621. The van der Waals surface area contributed by atoms with E-state index in [1.165, 1.54) is 0 Å². The van der Waals surface area contributed by atoms with Crippen molar-refractivity contribution in [3.8, 4) is 0 Å². The summed E-state index contributed by atoms with van der Waals surface area (Å²) in [4.78, 5) is 47.5. The van der Waals surface area contributed by atoms with Gasteiger partial charge in [-0.25, -0.2) is 4.79 Å². The number of nitrogens with zero attached hydrogens (tertiary/aromatic N) is 2. The van der Waals surface area contributed by atoms with Crippen LogP contribution in [0, 0.1) is 10.1 Å². The molecule has 0 spiro atoms. The van der Waals surface area contributed by atoms with Gasteiger partial charge in [-0.3, -0.25) is 19.7 Å². The summed E-state index contributed by atoms with van der Waals surface area (Å²) in [6.45, 7) is 0.335. The van der Waals surface area contributed by atoms with Crippen molar-refractivity contribution in [2.45, 2.75) is 31.3 Å². The van der Waals surface area contributed by atoms with E-state index >= 15 is 0 Å². The van der Waals surface area contributed by atoms with E-state index in [0.717, 1.165) is 24.6 Å². The molecule has 3 rings (SSSR count). The lowest BCUT2D eigenvalue weighted by Crippen LogP contribution is -2.42. The SMILES string of the molecule is O=C1CC2CCC(CN1)N2C(=O)c1cc(C(=O)O)cc([N+](=O)[O-])c1. The molecule has 2 amide bonds. The highest BCUT2D eigenvalue weighted by atomic mass is 16.6. The first-order valence-electron chi connectivity index (χ1n) is 7.49. The smallest absolute Gasteiger partial charge is 0.335 e. The molecule has 2 N–H and O–H groups in total. The topological polar surface area (TPSA) is 130 Å². The first kappa shape index (κ1) is 15.9. The highest BCUT2D eigenvalue weighted by Gasteiger charge is 2.40. The lowest BCUT2D eigenvalue weighted by molar-refractivity contribution is -0.384. The number of non-ortho nitro benzene ring substituents is 1. The van der Waals surface area contributed by atoms with Gasteiger partial charge in [-0.1, -0.05) is 0 Å². The number of carbonyl (C=O) groups is 3. The van der Waals surface area contributed by atoms with E-state index in [4.69, 9.17) is 5.11 Å². The second-order valence-corrected chi connectivity index (χ2v) is 5.94. The number of amides is 2. The van der Waals surface area contributed by atoms with Crippen molar-refractivity contribution in [3.63, 3.8) is 0 Å². The molecule has 126 valence electrons. The number of hydrogen-bond acceptors (Lipinski definition) is 5. The Morgan fingerprint density at radius 2 is 1.88 bits per heavy atom. The molecule has 2 bridgehead atoms. The van der Waals surface area contributed by atoms with E-state index in [-0.39, 0.29) is 35.5 Å². The lowest BCUT2D eigenvalue weighted by atomic mass is 10.1. The largest absolute Gasteiger partial charge is 0.478 e. The fourth-order valence-corrected chi connectivity index (χ4v) is 3.32. The van der Waals surface area contributed by atoms with Crippen molar-refractivity contribution < 1.29 is 24.4 Å². The van der Waals surface area contributed by atoms with Gasteiger partial charge in [-0.05, 0) is 18.9 Å². The predicted octanol–water partition coefficient (Wildman–Crippen LogP) is 0.786. The second kappa shape index (κ2) is 5.91. The molecule has 2 aliphatic rings. The number of benzene rings is 1. The molecular formula is C15H15N3O6. The van der Waals surface area contributed by atoms with Gasteiger partial charge in [0.2, 0.25) is 5.91 Å². The standard InChI is InChI=1S/C15H15N3O6/c19-13-6-10-1-2-11(7-16-13)17(10)14(20)8-3-9(15(21)22)5-12(4-8)18(23)24/h3-5,10-11H,1-2,6-7H2,(H,16,19)(H,21,22). The molecule has 2 heterocycles. The van der Waals surface area contributed by atoms with Crippen molar-refractivity contribution in [1.29, 1.82) is 0 Å². The van der Waals surface area contributed by atoms with Crippen molar-refractivity contribution in [2.75, 3.05) is 6.54 Å². The van der Waals surface area contributed by atoms with Crippen LogP contribution in [-0.2, 0) is 4.79 Å². The van der Waals surface area contributed by atoms with Gasteiger partial charge in [0.1, 0.15) is 0 Å². The van der Waals surface area contributed by atoms with Crippen molar-refractivity contribution in [1.82, 2.24) is 10.2 Å².